The van der Waals surface area contributed by atoms with Crippen molar-refractivity contribution in [2.45, 2.75) is 64.4 Å². The SMILES string of the molecule is CC(NC(=O)C(NC(=O)C(N)C(C)C)C(C)O)C(=O)NC(Cc1cnc[nH]1)C(=O)O. The van der Waals surface area contributed by atoms with Crippen LogP contribution in [0.2, 0.25) is 0 Å². The number of carboxylic acid groups (broad SMARTS) is 1. The van der Waals surface area contributed by atoms with E-state index < -0.39 is 54.0 Å². The van der Waals surface area contributed by atoms with Crippen molar-refractivity contribution in [1.82, 2.24) is 25.9 Å². The van der Waals surface area contributed by atoms with Gasteiger partial charge in [-0.3, -0.25) is 14.4 Å². The van der Waals surface area contributed by atoms with E-state index in [-0.39, 0.29) is 12.3 Å². The predicted molar refractivity (Wildman–Crippen MR) is 106 cm³/mol. The standard InChI is InChI=1S/C18H30N6O6/c1-8(2)13(19)16(27)24-14(10(4)25)17(28)22-9(3)15(26)23-12(18(29)30)5-11-6-20-7-21-11/h6-10,12-14,25H,5,19H2,1-4H3,(H,20,21)(H,22,28)(H,23,26)(H,24,27)(H,29,30). The first-order valence-electron chi connectivity index (χ1n) is 9.48. The van der Waals surface area contributed by atoms with Gasteiger partial charge in [0.05, 0.1) is 18.5 Å². The number of aromatic amines is 1. The normalized spacial score (nSPS) is 16.1. The number of imidazole rings is 1. The number of nitrogens with two attached hydrogens (primary N) is 1. The van der Waals surface area contributed by atoms with E-state index in [4.69, 9.17) is 5.73 Å². The molecule has 168 valence electrons. The van der Waals surface area contributed by atoms with Gasteiger partial charge >= 0.3 is 5.97 Å². The molecule has 12 heteroatoms. The number of H-pyrrole nitrogens is 1. The number of nitrogens with one attached hydrogen (secondary N) is 4. The number of carbonyl (C=O) groups excluding carboxylic acids is 3. The Balaban J connectivity index is 2.73. The lowest BCUT2D eigenvalue weighted by molar-refractivity contribution is -0.142. The summed E-state index contributed by atoms with van der Waals surface area (Å²) in [4.78, 5) is 54.9. The molecule has 12 nitrogen and oxygen atoms in total. The van der Waals surface area contributed by atoms with Crippen molar-refractivity contribution in [3.05, 3.63) is 18.2 Å². The van der Waals surface area contributed by atoms with Crippen LogP contribution in [0.5, 0.6) is 0 Å². The first-order valence-corrected chi connectivity index (χ1v) is 9.48. The lowest BCUT2D eigenvalue weighted by atomic mass is 10.0. The van der Waals surface area contributed by atoms with Gasteiger partial charge < -0.3 is 36.9 Å². The van der Waals surface area contributed by atoms with Gasteiger partial charge in [-0.05, 0) is 19.8 Å². The Morgan fingerprint density at radius 3 is 2.17 bits per heavy atom. The van der Waals surface area contributed by atoms with E-state index in [1.807, 2.05) is 0 Å². The number of hydrogen-bond acceptors (Lipinski definition) is 7. The number of hydrogen-bond donors (Lipinski definition) is 7. The third-order valence-corrected chi connectivity index (χ3v) is 4.43. The maximum atomic E-state index is 12.5. The summed E-state index contributed by atoms with van der Waals surface area (Å²) >= 11 is 0. The number of carbonyl (C=O) groups is 4. The molecule has 0 saturated heterocycles. The van der Waals surface area contributed by atoms with Gasteiger partial charge in [0.25, 0.3) is 0 Å². The Kier molecular flexibility index (Phi) is 9.40. The summed E-state index contributed by atoms with van der Waals surface area (Å²) < 4.78 is 0. The highest BCUT2D eigenvalue weighted by Gasteiger charge is 2.31. The third-order valence-electron chi connectivity index (χ3n) is 4.43. The Morgan fingerprint density at radius 2 is 1.70 bits per heavy atom. The van der Waals surface area contributed by atoms with Gasteiger partial charge in [0.15, 0.2) is 0 Å². The molecule has 0 aliphatic heterocycles. The molecule has 3 amide bonds. The molecule has 1 rings (SSSR count). The molecule has 30 heavy (non-hydrogen) atoms. The molecule has 1 aromatic rings. The highest BCUT2D eigenvalue weighted by molar-refractivity contribution is 5.94. The Bertz CT molecular complexity index is 736. The van der Waals surface area contributed by atoms with E-state index in [1.165, 1.54) is 26.4 Å². The highest BCUT2D eigenvalue weighted by Crippen LogP contribution is 2.03. The number of rotatable bonds is 11. The van der Waals surface area contributed by atoms with Gasteiger partial charge in [0.2, 0.25) is 17.7 Å². The summed E-state index contributed by atoms with van der Waals surface area (Å²) in [6.07, 6.45) is 1.54. The zero-order valence-corrected chi connectivity index (χ0v) is 17.4. The number of aliphatic hydroxyl groups is 1. The molecule has 1 aromatic heterocycles. The van der Waals surface area contributed by atoms with Crippen LogP contribution < -0.4 is 21.7 Å². The molecule has 5 unspecified atom stereocenters. The van der Waals surface area contributed by atoms with E-state index in [0.29, 0.717) is 5.69 Å². The fourth-order valence-corrected chi connectivity index (χ4v) is 2.44. The van der Waals surface area contributed by atoms with Crippen molar-refractivity contribution in [2.24, 2.45) is 11.7 Å². The van der Waals surface area contributed by atoms with Gasteiger partial charge in [0, 0.05) is 18.3 Å². The van der Waals surface area contributed by atoms with Gasteiger partial charge in [-0.1, -0.05) is 13.8 Å². The van der Waals surface area contributed by atoms with Crippen LogP contribution in [0.15, 0.2) is 12.5 Å². The van der Waals surface area contributed by atoms with Crippen molar-refractivity contribution in [2.75, 3.05) is 0 Å². The van der Waals surface area contributed by atoms with Crippen molar-refractivity contribution in [1.29, 1.82) is 0 Å². The smallest absolute Gasteiger partial charge is 0.326 e. The van der Waals surface area contributed by atoms with E-state index in [1.54, 1.807) is 13.8 Å². The average molecular weight is 426 g/mol. The van der Waals surface area contributed by atoms with Crippen molar-refractivity contribution < 1.29 is 29.4 Å². The number of carboxylic acids is 1. The molecule has 0 spiro atoms. The summed E-state index contributed by atoms with van der Waals surface area (Å²) in [5.41, 5.74) is 6.26. The number of nitrogens with zero attached hydrogens (tertiary/aromatic N) is 1. The minimum absolute atomic E-state index is 0.0266. The number of aliphatic carboxylic acids is 1. The molecule has 1 heterocycles. The van der Waals surface area contributed by atoms with E-state index >= 15 is 0 Å². The van der Waals surface area contributed by atoms with E-state index in [2.05, 4.69) is 25.9 Å². The van der Waals surface area contributed by atoms with E-state index in [9.17, 15) is 29.4 Å². The molecular weight excluding hydrogens is 396 g/mol. The average Bonchev–Trinajstić information content (AvgIpc) is 3.16. The quantitative estimate of drug-likeness (QED) is 0.208. The molecule has 0 fully saturated rings. The third kappa shape index (κ3) is 7.44. The van der Waals surface area contributed by atoms with Crippen LogP contribution in [-0.4, -0.2) is 74.1 Å². The minimum atomic E-state index is -1.34. The van der Waals surface area contributed by atoms with Crippen molar-refractivity contribution in [3.63, 3.8) is 0 Å². The molecule has 8 N–H and O–H groups in total. The van der Waals surface area contributed by atoms with Gasteiger partial charge in [-0.25, -0.2) is 9.78 Å². The summed E-state index contributed by atoms with van der Waals surface area (Å²) in [6, 6.07) is -4.58. The lowest BCUT2D eigenvalue weighted by Crippen LogP contribution is -2.59. The second kappa shape index (κ2) is 11.3. The van der Waals surface area contributed by atoms with Crippen LogP contribution in [0.1, 0.15) is 33.4 Å². The van der Waals surface area contributed by atoms with Crippen LogP contribution in [0.3, 0.4) is 0 Å². The minimum Gasteiger partial charge on any atom is -0.480 e. The first-order chi connectivity index (χ1) is 13.9. The first kappa shape index (κ1) is 25.0. The largest absolute Gasteiger partial charge is 0.480 e. The Labute approximate surface area is 174 Å². The monoisotopic (exact) mass is 426 g/mol. The summed E-state index contributed by atoms with van der Waals surface area (Å²) in [7, 11) is 0. The van der Waals surface area contributed by atoms with Crippen LogP contribution >= 0.6 is 0 Å². The summed E-state index contributed by atoms with van der Waals surface area (Å²) in [5.74, 6) is -3.61. The topological polar surface area (TPSA) is 200 Å². The highest BCUT2D eigenvalue weighted by atomic mass is 16.4. The fraction of sp³-hybridized carbons (Fsp3) is 0.611. The summed E-state index contributed by atoms with van der Waals surface area (Å²) in [5, 5.41) is 26.2. The second-order valence-electron chi connectivity index (χ2n) is 7.41. The van der Waals surface area contributed by atoms with Crippen molar-refractivity contribution >= 4 is 23.7 Å². The van der Waals surface area contributed by atoms with Crippen LogP contribution in [-0.2, 0) is 25.6 Å². The van der Waals surface area contributed by atoms with E-state index in [0.717, 1.165) is 0 Å². The zero-order valence-electron chi connectivity index (χ0n) is 17.4. The Morgan fingerprint density at radius 1 is 1.07 bits per heavy atom. The number of aliphatic hydroxyl groups excluding tert-OH is 1. The number of amides is 3. The molecule has 0 aromatic carbocycles. The second-order valence-corrected chi connectivity index (χ2v) is 7.41. The Hall–Kier alpha value is -2.99. The van der Waals surface area contributed by atoms with Crippen LogP contribution in [0, 0.1) is 5.92 Å². The molecule has 0 radical (unpaired) electrons. The van der Waals surface area contributed by atoms with Crippen LogP contribution in [0.4, 0.5) is 0 Å². The maximum absolute atomic E-state index is 12.5. The molecule has 0 aliphatic rings. The molecule has 0 aliphatic carbocycles. The predicted octanol–water partition coefficient (Wildman–Crippen LogP) is -2.12. The fourth-order valence-electron chi connectivity index (χ4n) is 2.44. The summed E-state index contributed by atoms with van der Waals surface area (Å²) in [6.45, 7) is 6.12. The number of aromatic nitrogens is 2. The molecule has 0 bridgehead atoms. The zero-order chi connectivity index (χ0) is 23.0. The maximum Gasteiger partial charge on any atom is 0.326 e. The molecular formula is C18H30N6O6. The lowest BCUT2D eigenvalue weighted by Gasteiger charge is -2.25. The molecule has 0 saturated carbocycles. The van der Waals surface area contributed by atoms with Gasteiger partial charge in [0.1, 0.15) is 18.1 Å². The molecule has 5 atom stereocenters. The van der Waals surface area contributed by atoms with Gasteiger partial charge in [-0.2, -0.15) is 0 Å². The van der Waals surface area contributed by atoms with Gasteiger partial charge in [-0.15, -0.1) is 0 Å². The van der Waals surface area contributed by atoms with Crippen molar-refractivity contribution in [3.8, 4) is 0 Å². The van der Waals surface area contributed by atoms with Crippen LogP contribution in [0.25, 0.3) is 0 Å².